The van der Waals surface area contributed by atoms with Crippen LogP contribution in [-0.2, 0) is 0 Å². The topological polar surface area (TPSA) is 52.9 Å². The van der Waals surface area contributed by atoms with Crippen LogP contribution < -0.4 is 5.32 Å². The van der Waals surface area contributed by atoms with E-state index < -0.39 is 6.04 Å². The number of nitrogens with zero attached hydrogens (tertiary/aromatic N) is 1. The number of hydrogen-bond acceptors (Lipinski definition) is 3. The number of nitrogens with one attached hydrogen (secondary N) is 1. The summed E-state index contributed by atoms with van der Waals surface area (Å²) in [4.78, 5) is 13.3. The third-order valence-corrected chi connectivity index (χ3v) is 5.13. The fourth-order valence-corrected chi connectivity index (χ4v) is 3.63. The van der Waals surface area contributed by atoms with E-state index in [1.54, 1.807) is 6.07 Å². The van der Waals surface area contributed by atoms with Crippen molar-refractivity contribution in [1.29, 1.82) is 5.26 Å². The van der Waals surface area contributed by atoms with Crippen LogP contribution in [0.3, 0.4) is 0 Å². The van der Waals surface area contributed by atoms with Gasteiger partial charge in [-0.05, 0) is 44.2 Å². The Kier molecular flexibility index (Phi) is 4.23. The van der Waals surface area contributed by atoms with Crippen LogP contribution in [0.2, 0.25) is 0 Å². The number of halogens is 1. The molecule has 0 spiro atoms. The molecule has 0 radical (unpaired) electrons. The van der Waals surface area contributed by atoms with Crippen LogP contribution in [0.1, 0.15) is 21.3 Å². The number of carbonyl (C=O) groups is 1. The van der Waals surface area contributed by atoms with Crippen molar-refractivity contribution in [2.75, 3.05) is 0 Å². The third kappa shape index (κ3) is 2.76. The van der Waals surface area contributed by atoms with E-state index >= 15 is 0 Å². The molecule has 1 heterocycles. The average molecular weight is 371 g/mol. The Bertz CT molecular complexity index is 868. The number of thiophene rings is 1. The number of hydrogen-bond donors (Lipinski definition) is 1. The minimum absolute atomic E-state index is 0.266. The summed E-state index contributed by atoms with van der Waals surface area (Å²) in [5, 5.41) is 16.0. The van der Waals surface area contributed by atoms with E-state index in [2.05, 4.69) is 27.3 Å². The summed E-state index contributed by atoms with van der Waals surface area (Å²) in [7, 11) is 0. The lowest BCUT2D eigenvalue weighted by Gasteiger charge is -2.12. The molecule has 1 unspecified atom stereocenters. The molecule has 1 aromatic heterocycles. The maximum atomic E-state index is 12.5. The van der Waals surface area contributed by atoms with Gasteiger partial charge in [0.2, 0.25) is 0 Å². The number of benzene rings is 2. The Morgan fingerprint density at radius 1 is 1.18 bits per heavy atom. The van der Waals surface area contributed by atoms with Gasteiger partial charge in [0.1, 0.15) is 0 Å². The molecule has 0 aliphatic heterocycles. The maximum absolute atomic E-state index is 12.5. The molecule has 0 saturated heterocycles. The zero-order valence-electron chi connectivity index (χ0n) is 11.4. The smallest absolute Gasteiger partial charge is 0.253 e. The first kappa shape index (κ1) is 14.8. The molecular formula is C17H11BrN2OS. The molecule has 3 rings (SSSR count). The fraction of sp³-hybridized carbons (Fsp3) is 0.0588. The zero-order valence-corrected chi connectivity index (χ0v) is 13.8. The molecule has 0 aliphatic carbocycles. The zero-order chi connectivity index (χ0) is 15.5. The standard InChI is InChI=1S/C17H11BrN2OS/c18-16-12-5-2-1-4-11(12)7-8-13(16)17(21)20-14(10-19)15-6-3-9-22-15/h1-9,14H,(H,20,21). The van der Waals surface area contributed by atoms with Crippen molar-refractivity contribution in [2.24, 2.45) is 0 Å². The molecular weight excluding hydrogens is 360 g/mol. The van der Waals surface area contributed by atoms with Gasteiger partial charge in [-0.3, -0.25) is 4.79 Å². The lowest BCUT2D eigenvalue weighted by Crippen LogP contribution is -2.27. The maximum Gasteiger partial charge on any atom is 0.253 e. The van der Waals surface area contributed by atoms with E-state index in [0.29, 0.717) is 5.56 Å². The molecule has 0 aliphatic rings. The molecule has 1 atom stereocenters. The van der Waals surface area contributed by atoms with E-state index in [1.165, 1.54) is 11.3 Å². The Balaban J connectivity index is 1.92. The Labute approximate surface area is 140 Å². The van der Waals surface area contributed by atoms with Crippen molar-refractivity contribution in [3.05, 3.63) is 68.8 Å². The van der Waals surface area contributed by atoms with Gasteiger partial charge in [-0.15, -0.1) is 11.3 Å². The number of nitriles is 1. The predicted octanol–water partition coefficient (Wildman–Crippen LogP) is 4.66. The summed E-state index contributed by atoms with van der Waals surface area (Å²) in [6.45, 7) is 0. The Hall–Kier alpha value is -2.16. The first-order valence-electron chi connectivity index (χ1n) is 6.62. The largest absolute Gasteiger partial charge is 0.332 e. The van der Waals surface area contributed by atoms with Gasteiger partial charge in [0, 0.05) is 9.35 Å². The van der Waals surface area contributed by atoms with Gasteiger partial charge in [-0.2, -0.15) is 5.26 Å². The van der Waals surface area contributed by atoms with E-state index in [0.717, 1.165) is 20.1 Å². The van der Waals surface area contributed by atoms with Gasteiger partial charge in [0.15, 0.2) is 6.04 Å². The summed E-state index contributed by atoms with van der Waals surface area (Å²) in [5.41, 5.74) is 0.524. The van der Waals surface area contributed by atoms with Gasteiger partial charge in [0.05, 0.1) is 11.6 Å². The number of carbonyl (C=O) groups excluding carboxylic acids is 1. The van der Waals surface area contributed by atoms with Gasteiger partial charge in [0.25, 0.3) is 5.91 Å². The fourth-order valence-electron chi connectivity index (χ4n) is 2.24. The van der Waals surface area contributed by atoms with E-state index in [1.807, 2.05) is 47.8 Å². The Morgan fingerprint density at radius 3 is 2.73 bits per heavy atom. The third-order valence-electron chi connectivity index (χ3n) is 3.34. The lowest BCUT2D eigenvalue weighted by molar-refractivity contribution is 0.0945. The van der Waals surface area contributed by atoms with Crippen molar-refractivity contribution >= 4 is 43.9 Å². The highest BCUT2D eigenvalue weighted by atomic mass is 79.9. The van der Waals surface area contributed by atoms with E-state index in [4.69, 9.17) is 0 Å². The highest BCUT2D eigenvalue weighted by Crippen LogP contribution is 2.28. The second kappa shape index (κ2) is 6.30. The second-order valence-electron chi connectivity index (χ2n) is 4.70. The number of fused-ring (bicyclic) bond motifs is 1. The summed E-state index contributed by atoms with van der Waals surface area (Å²) in [6.07, 6.45) is 0. The second-order valence-corrected chi connectivity index (χ2v) is 6.47. The summed E-state index contributed by atoms with van der Waals surface area (Å²) < 4.78 is 0.742. The molecule has 0 bridgehead atoms. The molecule has 2 aromatic carbocycles. The molecule has 3 aromatic rings. The average Bonchev–Trinajstić information content (AvgIpc) is 3.07. The molecule has 5 heteroatoms. The quantitative estimate of drug-likeness (QED) is 0.728. The van der Waals surface area contributed by atoms with E-state index in [-0.39, 0.29) is 5.91 Å². The van der Waals surface area contributed by atoms with Gasteiger partial charge >= 0.3 is 0 Å². The van der Waals surface area contributed by atoms with Crippen molar-refractivity contribution in [1.82, 2.24) is 5.32 Å². The molecule has 1 amide bonds. The van der Waals surface area contributed by atoms with Crippen LogP contribution in [0.25, 0.3) is 10.8 Å². The first-order valence-corrected chi connectivity index (χ1v) is 8.29. The van der Waals surface area contributed by atoms with Gasteiger partial charge in [-0.1, -0.05) is 36.4 Å². The Morgan fingerprint density at radius 2 is 2.00 bits per heavy atom. The number of amides is 1. The summed E-state index contributed by atoms with van der Waals surface area (Å²) in [6, 6.07) is 16.7. The summed E-state index contributed by atoms with van der Waals surface area (Å²) in [5.74, 6) is -0.266. The molecule has 0 fully saturated rings. The van der Waals surface area contributed by atoms with E-state index in [9.17, 15) is 10.1 Å². The van der Waals surface area contributed by atoms with Gasteiger partial charge < -0.3 is 5.32 Å². The molecule has 22 heavy (non-hydrogen) atoms. The van der Waals surface area contributed by atoms with Crippen LogP contribution in [-0.4, -0.2) is 5.91 Å². The van der Waals surface area contributed by atoms with Crippen LogP contribution in [0.4, 0.5) is 0 Å². The van der Waals surface area contributed by atoms with Crippen molar-refractivity contribution in [3.8, 4) is 6.07 Å². The number of rotatable bonds is 3. The minimum atomic E-state index is -0.633. The van der Waals surface area contributed by atoms with Crippen LogP contribution in [0.15, 0.2) is 58.4 Å². The summed E-state index contributed by atoms with van der Waals surface area (Å²) >= 11 is 4.95. The lowest BCUT2D eigenvalue weighted by atomic mass is 10.1. The van der Waals surface area contributed by atoms with Crippen molar-refractivity contribution in [2.45, 2.75) is 6.04 Å². The SMILES string of the molecule is N#CC(NC(=O)c1ccc2ccccc2c1Br)c1cccs1. The minimum Gasteiger partial charge on any atom is -0.332 e. The molecule has 108 valence electrons. The molecule has 1 N–H and O–H groups in total. The van der Waals surface area contributed by atoms with Crippen molar-refractivity contribution < 1.29 is 4.79 Å². The van der Waals surface area contributed by atoms with Crippen LogP contribution in [0.5, 0.6) is 0 Å². The highest BCUT2D eigenvalue weighted by molar-refractivity contribution is 9.10. The normalized spacial score (nSPS) is 11.8. The first-order chi connectivity index (χ1) is 10.7. The monoisotopic (exact) mass is 370 g/mol. The molecule has 0 saturated carbocycles. The predicted molar refractivity (Wildman–Crippen MR) is 91.8 cm³/mol. The molecule has 3 nitrogen and oxygen atoms in total. The van der Waals surface area contributed by atoms with Crippen LogP contribution >= 0.6 is 27.3 Å². The van der Waals surface area contributed by atoms with Crippen LogP contribution in [0, 0.1) is 11.3 Å². The van der Waals surface area contributed by atoms with Gasteiger partial charge in [-0.25, -0.2) is 0 Å². The van der Waals surface area contributed by atoms with Crippen molar-refractivity contribution in [3.63, 3.8) is 0 Å². The highest BCUT2D eigenvalue weighted by Gasteiger charge is 2.18.